The molecule has 0 saturated heterocycles. The van der Waals surface area contributed by atoms with Crippen molar-refractivity contribution in [3.63, 3.8) is 0 Å². The van der Waals surface area contributed by atoms with Crippen LogP contribution in [0.5, 0.6) is 0 Å². The van der Waals surface area contributed by atoms with E-state index in [-0.39, 0.29) is 5.69 Å². The second-order valence-corrected chi connectivity index (χ2v) is 4.82. The summed E-state index contributed by atoms with van der Waals surface area (Å²) in [7, 11) is 0. The Balaban J connectivity index is 2.91. The van der Waals surface area contributed by atoms with Crippen molar-refractivity contribution in [2.24, 2.45) is 5.92 Å². The average molecular weight is 224 g/mol. The van der Waals surface area contributed by atoms with Gasteiger partial charge in [-0.05, 0) is 24.3 Å². The number of aromatic nitrogens is 2. The highest BCUT2D eigenvalue weighted by Crippen LogP contribution is 2.17. The summed E-state index contributed by atoms with van der Waals surface area (Å²) in [5.41, 5.74) is 1.14. The van der Waals surface area contributed by atoms with E-state index >= 15 is 0 Å². The number of hydrogen-bond acceptors (Lipinski definition) is 2. The number of aryl methyl sites for hydroxylation is 1. The van der Waals surface area contributed by atoms with Crippen LogP contribution in [0.25, 0.3) is 0 Å². The first-order chi connectivity index (χ1) is 7.41. The predicted molar refractivity (Wildman–Crippen MR) is 62.7 cm³/mol. The number of carboxylic acids is 1. The van der Waals surface area contributed by atoms with Crippen LogP contribution in [0.1, 0.15) is 56.2 Å². The zero-order valence-electron chi connectivity index (χ0n) is 10.4. The molecule has 1 aromatic heterocycles. The smallest absolute Gasteiger partial charge is 0.356 e. The van der Waals surface area contributed by atoms with Crippen LogP contribution in [0.4, 0.5) is 0 Å². The van der Waals surface area contributed by atoms with Gasteiger partial charge in [-0.1, -0.05) is 27.7 Å². The van der Waals surface area contributed by atoms with Crippen molar-refractivity contribution in [1.82, 2.24) is 9.78 Å². The van der Waals surface area contributed by atoms with E-state index in [4.69, 9.17) is 5.11 Å². The Morgan fingerprint density at radius 3 is 2.50 bits per heavy atom. The van der Waals surface area contributed by atoms with Crippen LogP contribution in [-0.4, -0.2) is 20.9 Å². The second-order valence-electron chi connectivity index (χ2n) is 4.82. The maximum absolute atomic E-state index is 10.9. The topological polar surface area (TPSA) is 55.1 Å². The number of nitrogens with zero attached hydrogens (tertiary/aromatic N) is 2. The first kappa shape index (κ1) is 12.7. The van der Waals surface area contributed by atoms with E-state index in [9.17, 15) is 4.79 Å². The van der Waals surface area contributed by atoms with E-state index in [0.29, 0.717) is 11.8 Å². The molecule has 0 fully saturated rings. The van der Waals surface area contributed by atoms with E-state index in [1.165, 1.54) is 0 Å². The summed E-state index contributed by atoms with van der Waals surface area (Å²) >= 11 is 0. The van der Waals surface area contributed by atoms with E-state index in [0.717, 1.165) is 18.7 Å². The Morgan fingerprint density at radius 1 is 1.44 bits per heavy atom. The highest BCUT2D eigenvalue weighted by atomic mass is 16.4. The second kappa shape index (κ2) is 5.14. The lowest BCUT2D eigenvalue weighted by Crippen LogP contribution is -2.09. The first-order valence-electron chi connectivity index (χ1n) is 5.72. The van der Waals surface area contributed by atoms with Gasteiger partial charge in [0.2, 0.25) is 0 Å². The van der Waals surface area contributed by atoms with Gasteiger partial charge in [0.25, 0.3) is 0 Å². The molecule has 0 aliphatic heterocycles. The fourth-order valence-corrected chi connectivity index (χ4v) is 1.56. The van der Waals surface area contributed by atoms with Crippen LogP contribution in [0.15, 0.2) is 6.07 Å². The van der Waals surface area contributed by atoms with Crippen molar-refractivity contribution in [1.29, 1.82) is 0 Å². The molecule has 0 saturated carbocycles. The van der Waals surface area contributed by atoms with E-state index < -0.39 is 5.97 Å². The van der Waals surface area contributed by atoms with E-state index in [1.54, 1.807) is 6.07 Å². The highest BCUT2D eigenvalue weighted by molar-refractivity contribution is 5.85. The van der Waals surface area contributed by atoms with E-state index in [1.807, 2.05) is 4.68 Å². The van der Waals surface area contributed by atoms with Gasteiger partial charge in [0, 0.05) is 12.2 Å². The van der Waals surface area contributed by atoms with E-state index in [2.05, 4.69) is 32.8 Å². The summed E-state index contributed by atoms with van der Waals surface area (Å²) in [5.74, 6) is -0.0598. The number of rotatable bonds is 5. The van der Waals surface area contributed by atoms with Crippen LogP contribution >= 0.6 is 0 Å². The van der Waals surface area contributed by atoms with Crippen molar-refractivity contribution < 1.29 is 9.90 Å². The molecule has 0 radical (unpaired) electrons. The van der Waals surface area contributed by atoms with Crippen molar-refractivity contribution in [3.05, 3.63) is 17.5 Å². The Morgan fingerprint density at radius 2 is 2.06 bits per heavy atom. The molecule has 0 atom stereocenters. The van der Waals surface area contributed by atoms with Crippen LogP contribution < -0.4 is 0 Å². The number of aromatic carboxylic acids is 1. The van der Waals surface area contributed by atoms with Gasteiger partial charge < -0.3 is 5.11 Å². The minimum Gasteiger partial charge on any atom is -0.476 e. The summed E-state index contributed by atoms with van der Waals surface area (Å²) in [6.07, 6.45) is 1.01. The monoisotopic (exact) mass is 224 g/mol. The minimum absolute atomic E-state index is 0.146. The largest absolute Gasteiger partial charge is 0.476 e. The minimum atomic E-state index is -0.954. The highest BCUT2D eigenvalue weighted by Gasteiger charge is 2.15. The molecular weight excluding hydrogens is 204 g/mol. The molecule has 0 aliphatic carbocycles. The van der Waals surface area contributed by atoms with Gasteiger partial charge in [-0.2, -0.15) is 5.10 Å². The summed E-state index contributed by atoms with van der Waals surface area (Å²) in [4.78, 5) is 10.9. The van der Waals surface area contributed by atoms with Crippen LogP contribution in [-0.2, 0) is 6.54 Å². The predicted octanol–water partition coefficient (Wildman–Crippen LogP) is 2.75. The number of carboxylic acid groups (broad SMARTS) is 1. The lowest BCUT2D eigenvalue weighted by Gasteiger charge is -2.11. The van der Waals surface area contributed by atoms with Gasteiger partial charge in [0.15, 0.2) is 5.69 Å². The fraction of sp³-hybridized carbons (Fsp3) is 0.667. The zero-order valence-corrected chi connectivity index (χ0v) is 10.4. The van der Waals surface area contributed by atoms with Crippen molar-refractivity contribution in [2.75, 3.05) is 0 Å². The zero-order chi connectivity index (χ0) is 12.3. The normalized spacial score (nSPS) is 11.4. The summed E-state index contributed by atoms with van der Waals surface area (Å²) in [5, 5.41) is 13.0. The average Bonchev–Trinajstić information content (AvgIpc) is 2.58. The Hall–Kier alpha value is -1.32. The first-order valence-corrected chi connectivity index (χ1v) is 5.72. The molecular formula is C12H20N2O2. The van der Waals surface area contributed by atoms with Gasteiger partial charge in [-0.3, -0.25) is 4.68 Å². The molecule has 4 heteroatoms. The molecule has 0 bridgehead atoms. The summed E-state index contributed by atoms with van der Waals surface area (Å²) in [6.45, 7) is 9.19. The Labute approximate surface area is 96.3 Å². The number of carbonyl (C=O) groups is 1. The fourth-order valence-electron chi connectivity index (χ4n) is 1.56. The molecule has 0 aliphatic rings. The van der Waals surface area contributed by atoms with Crippen molar-refractivity contribution >= 4 is 5.97 Å². The third kappa shape index (κ3) is 3.08. The third-order valence-corrected chi connectivity index (χ3v) is 2.54. The SMILES string of the molecule is CC(C)CCn1nc(C(=O)O)cc1C(C)C. The summed E-state index contributed by atoms with van der Waals surface area (Å²) < 4.78 is 1.83. The molecule has 1 heterocycles. The lowest BCUT2D eigenvalue weighted by molar-refractivity contribution is 0.0689. The maximum Gasteiger partial charge on any atom is 0.356 e. The van der Waals surface area contributed by atoms with Gasteiger partial charge >= 0.3 is 5.97 Å². The quantitative estimate of drug-likeness (QED) is 0.836. The van der Waals surface area contributed by atoms with Gasteiger partial charge in [-0.15, -0.1) is 0 Å². The lowest BCUT2D eigenvalue weighted by atomic mass is 10.1. The van der Waals surface area contributed by atoms with Gasteiger partial charge in [0.1, 0.15) is 0 Å². The maximum atomic E-state index is 10.9. The molecule has 0 aromatic carbocycles. The molecule has 4 nitrogen and oxygen atoms in total. The molecule has 1 aromatic rings. The molecule has 0 spiro atoms. The standard InChI is InChI=1S/C12H20N2O2/c1-8(2)5-6-14-11(9(3)4)7-10(13-14)12(15)16/h7-9H,5-6H2,1-4H3,(H,15,16). The van der Waals surface area contributed by atoms with Gasteiger partial charge in [0.05, 0.1) is 0 Å². The van der Waals surface area contributed by atoms with Crippen LogP contribution in [0, 0.1) is 5.92 Å². The van der Waals surface area contributed by atoms with Crippen LogP contribution in [0.2, 0.25) is 0 Å². The molecule has 0 amide bonds. The molecule has 0 unspecified atom stereocenters. The van der Waals surface area contributed by atoms with Crippen molar-refractivity contribution in [2.45, 2.75) is 46.6 Å². The third-order valence-electron chi connectivity index (χ3n) is 2.54. The molecule has 1 rings (SSSR count). The van der Waals surface area contributed by atoms with Crippen LogP contribution in [0.3, 0.4) is 0 Å². The van der Waals surface area contributed by atoms with Gasteiger partial charge in [-0.25, -0.2) is 4.79 Å². The number of hydrogen-bond donors (Lipinski definition) is 1. The Bertz CT molecular complexity index is 367. The molecule has 16 heavy (non-hydrogen) atoms. The summed E-state index contributed by atoms with van der Waals surface area (Å²) in [6, 6.07) is 1.67. The molecule has 90 valence electrons. The Kier molecular flexibility index (Phi) is 4.10. The molecule has 1 N–H and O–H groups in total. The van der Waals surface area contributed by atoms with Crippen molar-refractivity contribution in [3.8, 4) is 0 Å².